The smallest absolute Gasteiger partial charge is 0.389 e. The molecule has 174 valence electrons. The zero-order chi connectivity index (χ0) is 23.7. The summed E-state index contributed by atoms with van der Waals surface area (Å²) in [6.45, 7) is 0. The molecule has 0 spiro atoms. The molecule has 2 nitrogen and oxygen atoms in total. The fraction of sp³-hybridized carbons (Fsp3) is 0.368. The molecule has 0 bridgehead atoms. The van der Waals surface area contributed by atoms with Crippen molar-refractivity contribution in [2.45, 2.75) is 35.0 Å². The van der Waals surface area contributed by atoms with Crippen molar-refractivity contribution >= 4 is 46.7 Å². The Kier molecular flexibility index (Phi) is 11.5. The number of ether oxygens (including phenoxy) is 1. The maximum Gasteiger partial charge on any atom is 0.389 e. The molecule has 0 aliphatic heterocycles. The Morgan fingerprint density at radius 3 is 1.71 bits per heavy atom. The molecule has 0 radical (unpaired) electrons. The van der Waals surface area contributed by atoms with E-state index in [4.69, 9.17) is 27.9 Å². The van der Waals surface area contributed by atoms with Crippen LogP contribution in [0.15, 0.2) is 46.2 Å². The van der Waals surface area contributed by atoms with Crippen LogP contribution in [0.1, 0.15) is 12.8 Å². The molecule has 2 aromatic rings. The standard InChI is InChI=1S/C10H10ClF3OS.C9H8ClF3OS/c1-15-8-4-2-3-7(11)9(8)16-6-5-10(12,13)14;10-6-2-1-3-7(14)8(6)15-5-4-9(11,12)13/h2-4H,5-6H2,1H3;1-3,14H,4-5H2. The van der Waals surface area contributed by atoms with E-state index in [1.54, 1.807) is 18.2 Å². The first-order valence-electron chi connectivity index (χ1n) is 8.53. The van der Waals surface area contributed by atoms with Crippen LogP contribution in [0.25, 0.3) is 0 Å². The molecule has 2 rings (SSSR count). The third kappa shape index (κ3) is 11.4. The highest BCUT2D eigenvalue weighted by molar-refractivity contribution is 7.99. The first kappa shape index (κ1) is 27.9. The zero-order valence-corrected chi connectivity index (χ0v) is 19.1. The fourth-order valence-corrected chi connectivity index (χ4v) is 4.63. The van der Waals surface area contributed by atoms with Gasteiger partial charge in [-0.25, -0.2) is 0 Å². The van der Waals surface area contributed by atoms with Gasteiger partial charge in [0.2, 0.25) is 0 Å². The van der Waals surface area contributed by atoms with E-state index in [-0.39, 0.29) is 22.3 Å². The van der Waals surface area contributed by atoms with Crippen LogP contribution in [-0.4, -0.2) is 36.1 Å². The minimum Gasteiger partial charge on any atom is -0.507 e. The minimum absolute atomic E-state index is 0.0659. The molecule has 0 atom stereocenters. The number of phenolic OH excluding ortho intramolecular Hbond substituents is 1. The van der Waals surface area contributed by atoms with Crippen molar-refractivity contribution in [3.63, 3.8) is 0 Å². The number of phenols is 1. The summed E-state index contributed by atoms with van der Waals surface area (Å²) in [5, 5.41) is 10.0. The second-order valence-corrected chi connectivity index (χ2v) is 8.81. The molecule has 1 N–H and O–H groups in total. The predicted octanol–water partition coefficient (Wildman–Crippen LogP) is 8.48. The number of rotatable bonds is 7. The average Bonchev–Trinajstić information content (AvgIpc) is 2.64. The van der Waals surface area contributed by atoms with Gasteiger partial charge < -0.3 is 9.84 Å². The lowest BCUT2D eigenvalue weighted by Crippen LogP contribution is -2.08. The van der Waals surface area contributed by atoms with Gasteiger partial charge in [-0.05, 0) is 24.3 Å². The van der Waals surface area contributed by atoms with Crippen molar-refractivity contribution in [1.82, 2.24) is 0 Å². The molecule has 0 saturated heterocycles. The first-order valence-corrected chi connectivity index (χ1v) is 11.3. The van der Waals surface area contributed by atoms with E-state index in [0.29, 0.717) is 20.6 Å². The topological polar surface area (TPSA) is 29.5 Å². The Bertz CT molecular complexity index is 812. The Labute approximate surface area is 194 Å². The quantitative estimate of drug-likeness (QED) is 0.289. The number of thioether (sulfide) groups is 2. The predicted molar refractivity (Wildman–Crippen MR) is 114 cm³/mol. The lowest BCUT2D eigenvalue weighted by Gasteiger charge is -2.10. The van der Waals surface area contributed by atoms with Crippen molar-refractivity contribution in [2.75, 3.05) is 18.6 Å². The van der Waals surface area contributed by atoms with Gasteiger partial charge in [0.15, 0.2) is 0 Å². The number of benzene rings is 2. The molecule has 0 aliphatic carbocycles. The zero-order valence-electron chi connectivity index (χ0n) is 16.0. The van der Waals surface area contributed by atoms with Gasteiger partial charge in [-0.3, -0.25) is 0 Å². The summed E-state index contributed by atoms with van der Waals surface area (Å²) in [6.07, 6.45) is -10.1. The van der Waals surface area contributed by atoms with E-state index in [1.165, 1.54) is 25.3 Å². The van der Waals surface area contributed by atoms with E-state index in [0.717, 1.165) is 23.5 Å². The number of aromatic hydroxyl groups is 1. The summed E-state index contributed by atoms with van der Waals surface area (Å²) in [6, 6.07) is 9.43. The molecule has 12 heteroatoms. The highest BCUT2D eigenvalue weighted by Gasteiger charge is 2.27. The van der Waals surface area contributed by atoms with Crippen molar-refractivity contribution < 1.29 is 36.2 Å². The lowest BCUT2D eigenvalue weighted by atomic mass is 10.3. The van der Waals surface area contributed by atoms with Gasteiger partial charge in [-0.15, -0.1) is 23.5 Å². The minimum atomic E-state index is -4.18. The molecule has 0 heterocycles. The van der Waals surface area contributed by atoms with Gasteiger partial charge in [0.1, 0.15) is 11.5 Å². The Hall–Kier alpha value is -1.10. The number of hydrogen-bond donors (Lipinski definition) is 1. The van der Waals surface area contributed by atoms with Crippen LogP contribution in [0.2, 0.25) is 10.0 Å². The maximum atomic E-state index is 12.0. The van der Waals surface area contributed by atoms with Crippen molar-refractivity contribution in [3.05, 3.63) is 46.4 Å². The molecule has 0 unspecified atom stereocenters. The molecule has 0 fully saturated rings. The molecule has 0 aliphatic rings. The normalized spacial score (nSPS) is 11.6. The molecule has 2 aromatic carbocycles. The molecular weight excluding hydrogens is 509 g/mol. The van der Waals surface area contributed by atoms with Crippen LogP contribution in [0.4, 0.5) is 26.3 Å². The molecule has 0 amide bonds. The van der Waals surface area contributed by atoms with E-state index in [2.05, 4.69) is 0 Å². The summed E-state index contributed by atoms with van der Waals surface area (Å²) in [5.41, 5.74) is 0. The van der Waals surface area contributed by atoms with Gasteiger partial charge in [0.05, 0.1) is 39.8 Å². The van der Waals surface area contributed by atoms with Crippen LogP contribution in [-0.2, 0) is 0 Å². The first-order chi connectivity index (χ1) is 14.3. The monoisotopic (exact) mass is 526 g/mol. The van der Waals surface area contributed by atoms with E-state index in [1.807, 2.05) is 0 Å². The fourth-order valence-electron chi connectivity index (χ4n) is 1.97. The summed E-state index contributed by atoms with van der Waals surface area (Å²) in [4.78, 5) is 0.847. The molecular formula is C19H18Cl2F6O2S2. The van der Waals surface area contributed by atoms with Crippen LogP contribution >= 0.6 is 46.7 Å². The lowest BCUT2D eigenvalue weighted by molar-refractivity contribution is -0.130. The SMILES string of the molecule is COc1cccc(Cl)c1SCCC(F)(F)F.Oc1cccc(Cl)c1SCCC(F)(F)F. The van der Waals surface area contributed by atoms with Gasteiger partial charge in [-0.2, -0.15) is 26.3 Å². The number of halogens is 8. The van der Waals surface area contributed by atoms with Crippen molar-refractivity contribution in [3.8, 4) is 11.5 Å². The summed E-state index contributed by atoms with van der Waals surface area (Å²) < 4.78 is 76.5. The van der Waals surface area contributed by atoms with Gasteiger partial charge in [-0.1, -0.05) is 35.3 Å². The Morgan fingerprint density at radius 2 is 1.26 bits per heavy atom. The largest absolute Gasteiger partial charge is 0.507 e. The van der Waals surface area contributed by atoms with Crippen LogP contribution < -0.4 is 4.74 Å². The van der Waals surface area contributed by atoms with Crippen LogP contribution in [0.3, 0.4) is 0 Å². The van der Waals surface area contributed by atoms with Crippen LogP contribution in [0, 0.1) is 0 Å². The number of alkyl halides is 6. The summed E-state index contributed by atoms with van der Waals surface area (Å²) >= 11 is 13.5. The highest BCUT2D eigenvalue weighted by atomic mass is 35.5. The molecule has 0 saturated carbocycles. The second-order valence-electron chi connectivity index (χ2n) is 5.79. The summed E-state index contributed by atoms with van der Waals surface area (Å²) in [5.74, 6) is 0.194. The van der Waals surface area contributed by atoms with E-state index >= 15 is 0 Å². The number of hydrogen-bond acceptors (Lipinski definition) is 4. The highest BCUT2D eigenvalue weighted by Crippen LogP contribution is 2.38. The van der Waals surface area contributed by atoms with Gasteiger partial charge >= 0.3 is 12.4 Å². The van der Waals surface area contributed by atoms with Gasteiger partial charge in [0.25, 0.3) is 0 Å². The van der Waals surface area contributed by atoms with Gasteiger partial charge in [0, 0.05) is 11.5 Å². The van der Waals surface area contributed by atoms with Crippen molar-refractivity contribution in [1.29, 1.82) is 0 Å². The third-order valence-corrected chi connectivity index (χ3v) is 6.46. The van der Waals surface area contributed by atoms with Crippen LogP contribution in [0.5, 0.6) is 11.5 Å². The average molecular weight is 527 g/mol. The second kappa shape index (κ2) is 12.8. The van der Waals surface area contributed by atoms with E-state index in [9.17, 15) is 31.4 Å². The Morgan fingerprint density at radius 1 is 0.806 bits per heavy atom. The summed E-state index contributed by atoms with van der Waals surface area (Å²) in [7, 11) is 1.46. The third-order valence-electron chi connectivity index (χ3n) is 3.36. The van der Waals surface area contributed by atoms with Crippen molar-refractivity contribution in [2.24, 2.45) is 0 Å². The molecule has 31 heavy (non-hydrogen) atoms. The molecule has 0 aromatic heterocycles. The Balaban J connectivity index is 0.000000311. The number of methoxy groups -OCH3 is 1. The maximum absolute atomic E-state index is 12.0. The van der Waals surface area contributed by atoms with E-state index < -0.39 is 25.2 Å².